The fourth-order valence-corrected chi connectivity index (χ4v) is 3.46. The van der Waals surface area contributed by atoms with Crippen molar-refractivity contribution in [1.82, 2.24) is 10.6 Å². The van der Waals surface area contributed by atoms with Crippen molar-refractivity contribution in [3.05, 3.63) is 0 Å². The van der Waals surface area contributed by atoms with Gasteiger partial charge in [-0.2, -0.15) is 11.8 Å². The van der Waals surface area contributed by atoms with Crippen LogP contribution in [0.2, 0.25) is 0 Å². The average molecular weight is 288 g/mol. The van der Waals surface area contributed by atoms with Crippen molar-refractivity contribution in [2.75, 3.05) is 5.75 Å². The molecule has 1 aliphatic rings. The zero-order chi connectivity index (χ0) is 14.4. The maximum absolute atomic E-state index is 11.9. The van der Waals surface area contributed by atoms with E-state index >= 15 is 0 Å². The van der Waals surface area contributed by atoms with E-state index in [0.29, 0.717) is 5.25 Å². The van der Waals surface area contributed by atoms with Gasteiger partial charge in [0.2, 0.25) is 0 Å². The van der Waals surface area contributed by atoms with Crippen LogP contribution in [0.25, 0.3) is 0 Å². The maximum Gasteiger partial charge on any atom is 0.315 e. The third kappa shape index (κ3) is 4.93. The third-order valence-electron chi connectivity index (χ3n) is 3.65. The van der Waals surface area contributed by atoms with Gasteiger partial charge in [-0.3, -0.25) is 4.79 Å². The molecule has 1 rings (SSSR count). The van der Waals surface area contributed by atoms with Gasteiger partial charge in [0, 0.05) is 17.3 Å². The van der Waals surface area contributed by atoms with Crippen molar-refractivity contribution in [2.45, 2.75) is 57.4 Å². The normalized spacial score (nSPS) is 25.6. The standard InChI is InChI=1S/C13H24N2O3S/c1-4-19-11-7-5-6-10(11)15-13(18)14-9(3)8(2)12(16)17/h8-11H,4-7H2,1-3H3,(H,16,17)(H2,14,15,18). The van der Waals surface area contributed by atoms with Crippen LogP contribution in [-0.2, 0) is 4.79 Å². The lowest BCUT2D eigenvalue weighted by Crippen LogP contribution is -2.49. The number of hydrogen-bond acceptors (Lipinski definition) is 3. The monoisotopic (exact) mass is 288 g/mol. The van der Waals surface area contributed by atoms with E-state index in [0.717, 1.165) is 25.0 Å². The first-order valence-electron chi connectivity index (χ1n) is 6.87. The molecule has 0 aliphatic heterocycles. The van der Waals surface area contributed by atoms with Crippen LogP contribution in [0, 0.1) is 5.92 Å². The van der Waals surface area contributed by atoms with Gasteiger partial charge < -0.3 is 15.7 Å². The summed E-state index contributed by atoms with van der Waals surface area (Å²) in [5, 5.41) is 15.1. The first-order valence-corrected chi connectivity index (χ1v) is 7.92. The molecule has 4 unspecified atom stereocenters. The fourth-order valence-electron chi connectivity index (χ4n) is 2.26. The number of carboxylic acids is 1. The summed E-state index contributed by atoms with van der Waals surface area (Å²) in [6.45, 7) is 5.43. The number of carbonyl (C=O) groups is 2. The summed E-state index contributed by atoms with van der Waals surface area (Å²) in [4.78, 5) is 22.7. The van der Waals surface area contributed by atoms with E-state index in [2.05, 4.69) is 17.6 Å². The number of thioether (sulfide) groups is 1. The van der Waals surface area contributed by atoms with Gasteiger partial charge in [0.25, 0.3) is 0 Å². The lowest BCUT2D eigenvalue weighted by molar-refractivity contribution is -0.141. The van der Waals surface area contributed by atoms with Gasteiger partial charge in [0.15, 0.2) is 0 Å². The Hall–Kier alpha value is -0.910. The number of carbonyl (C=O) groups excluding carboxylic acids is 1. The molecule has 0 bridgehead atoms. The van der Waals surface area contributed by atoms with E-state index < -0.39 is 11.9 Å². The van der Waals surface area contributed by atoms with Crippen molar-refractivity contribution < 1.29 is 14.7 Å². The van der Waals surface area contributed by atoms with Gasteiger partial charge in [-0.1, -0.05) is 13.3 Å². The highest BCUT2D eigenvalue weighted by molar-refractivity contribution is 7.99. The summed E-state index contributed by atoms with van der Waals surface area (Å²) in [7, 11) is 0. The Labute approximate surface area is 118 Å². The lowest BCUT2D eigenvalue weighted by atomic mass is 10.0. The van der Waals surface area contributed by atoms with Crippen LogP contribution in [0.5, 0.6) is 0 Å². The molecule has 5 nitrogen and oxygen atoms in total. The van der Waals surface area contributed by atoms with Crippen LogP contribution >= 0.6 is 11.8 Å². The molecule has 0 spiro atoms. The average Bonchev–Trinajstić information content (AvgIpc) is 2.75. The van der Waals surface area contributed by atoms with Gasteiger partial charge >= 0.3 is 12.0 Å². The molecule has 0 radical (unpaired) electrons. The van der Waals surface area contributed by atoms with Crippen molar-refractivity contribution >= 4 is 23.8 Å². The van der Waals surface area contributed by atoms with E-state index in [1.807, 2.05) is 11.8 Å². The number of hydrogen-bond donors (Lipinski definition) is 3. The van der Waals surface area contributed by atoms with Crippen molar-refractivity contribution in [1.29, 1.82) is 0 Å². The minimum atomic E-state index is -0.895. The Morgan fingerprint density at radius 1 is 1.37 bits per heavy atom. The molecule has 0 aromatic heterocycles. The lowest BCUT2D eigenvalue weighted by Gasteiger charge is -2.23. The zero-order valence-electron chi connectivity index (χ0n) is 11.8. The minimum Gasteiger partial charge on any atom is -0.481 e. The van der Waals surface area contributed by atoms with E-state index in [4.69, 9.17) is 5.11 Å². The number of urea groups is 1. The smallest absolute Gasteiger partial charge is 0.315 e. The molecular formula is C13H24N2O3S. The SMILES string of the molecule is CCSC1CCCC1NC(=O)NC(C)C(C)C(=O)O. The fraction of sp³-hybridized carbons (Fsp3) is 0.846. The predicted molar refractivity (Wildman–Crippen MR) is 77.5 cm³/mol. The van der Waals surface area contributed by atoms with Crippen LogP contribution in [0.4, 0.5) is 4.79 Å². The molecule has 0 saturated heterocycles. The zero-order valence-corrected chi connectivity index (χ0v) is 12.6. The van der Waals surface area contributed by atoms with Crippen LogP contribution in [0.3, 0.4) is 0 Å². The molecule has 1 fully saturated rings. The Bertz CT molecular complexity index is 325. The summed E-state index contributed by atoms with van der Waals surface area (Å²) in [6.07, 6.45) is 3.29. The molecule has 110 valence electrons. The minimum absolute atomic E-state index is 0.206. The van der Waals surface area contributed by atoms with E-state index in [-0.39, 0.29) is 18.1 Å². The molecule has 6 heteroatoms. The van der Waals surface area contributed by atoms with Crippen LogP contribution in [-0.4, -0.2) is 40.2 Å². The maximum atomic E-state index is 11.9. The van der Waals surface area contributed by atoms with Gasteiger partial charge in [-0.05, 0) is 32.4 Å². The van der Waals surface area contributed by atoms with Crippen LogP contribution in [0.1, 0.15) is 40.0 Å². The summed E-state index contributed by atoms with van der Waals surface area (Å²) >= 11 is 1.88. The quantitative estimate of drug-likeness (QED) is 0.699. The third-order valence-corrected chi connectivity index (χ3v) is 4.97. The van der Waals surface area contributed by atoms with E-state index in [9.17, 15) is 9.59 Å². The molecule has 0 aromatic carbocycles. The number of amides is 2. The predicted octanol–water partition coefficient (Wildman–Crippen LogP) is 2.07. The van der Waals surface area contributed by atoms with Gasteiger partial charge in [0.05, 0.1) is 5.92 Å². The second kappa shape index (κ2) is 7.62. The number of aliphatic carboxylic acids is 1. The van der Waals surface area contributed by atoms with E-state index in [1.165, 1.54) is 0 Å². The topological polar surface area (TPSA) is 78.4 Å². The summed E-state index contributed by atoms with van der Waals surface area (Å²) in [6, 6.07) is -0.428. The van der Waals surface area contributed by atoms with Crippen molar-refractivity contribution in [3.63, 3.8) is 0 Å². The molecule has 1 saturated carbocycles. The van der Waals surface area contributed by atoms with Crippen LogP contribution < -0.4 is 10.6 Å². The van der Waals surface area contributed by atoms with Gasteiger partial charge in [-0.15, -0.1) is 0 Å². The molecule has 19 heavy (non-hydrogen) atoms. The second-order valence-corrected chi connectivity index (χ2v) is 6.58. The highest BCUT2D eigenvalue weighted by Gasteiger charge is 2.29. The van der Waals surface area contributed by atoms with Gasteiger partial charge in [-0.25, -0.2) is 4.79 Å². The van der Waals surface area contributed by atoms with Crippen molar-refractivity contribution in [3.8, 4) is 0 Å². The number of carboxylic acid groups (broad SMARTS) is 1. The van der Waals surface area contributed by atoms with Crippen LogP contribution in [0.15, 0.2) is 0 Å². The summed E-state index contributed by atoms with van der Waals surface area (Å²) in [5.41, 5.74) is 0. The summed E-state index contributed by atoms with van der Waals surface area (Å²) < 4.78 is 0. The molecule has 2 amide bonds. The Morgan fingerprint density at radius 2 is 2.05 bits per heavy atom. The summed E-state index contributed by atoms with van der Waals surface area (Å²) in [5.74, 6) is -0.431. The van der Waals surface area contributed by atoms with Crippen molar-refractivity contribution in [2.24, 2.45) is 5.92 Å². The molecule has 3 N–H and O–H groups in total. The first-order chi connectivity index (χ1) is 8.95. The van der Waals surface area contributed by atoms with E-state index in [1.54, 1.807) is 13.8 Å². The molecule has 4 atom stereocenters. The number of nitrogens with one attached hydrogen (secondary N) is 2. The van der Waals surface area contributed by atoms with Gasteiger partial charge in [0.1, 0.15) is 0 Å². The Kier molecular flexibility index (Phi) is 6.48. The molecule has 0 heterocycles. The molecular weight excluding hydrogens is 264 g/mol. The molecule has 0 aromatic rings. The Morgan fingerprint density at radius 3 is 2.63 bits per heavy atom. The highest BCUT2D eigenvalue weighted by Crippen LogP contribution is 2.29. The largest absolute Gasteiger partial charge is 0.481 e. The highest BCUT2D eigenvalue weighted by atomic mass is 32.2. The molecule has 1 aliphatic carbocycles. The number of rotatable bonds is 6. The Balaban J connectivity index is 2.40. The first kappa shape index (κ1) is 16.1. The second-order valence-electron chi connectivity index (χ2n) is 5.06.